The first-order chi connectivity index (χ1) is 6.08. The summed E-state index contributed by atoms with van der Waals surface area (Å²) in [7, 11) is 0. The van der Waals surface area contributed by atoms with Gasteiger partial charge >= 0.3 is 5.97 Å². The summed E-state index contributed by atoms with van der Waals surface area (Å²) in [5, 5.41) is 11.3. The Labute approximate surface area is 79.8 Å². The summed E-state index contributed by atoms with van der Waals surface area (Å²) >= 11 is 5.63. The maximum atomic E-state index is 10.2. The van der Waals surface area contributed by atoms with Crippen molar-refractivity contribution >= 4 is 23.4 Å². The number of hydrogen-bond donors (Lipinski definition) is 2. The molecule has 6 heteroatoms. The third-order valence-corrected chi connectivity index (χ3v) is 1.42. The lowest BCUT2D eigenvalue weighted by Crippen LogP contribution is -2.13. The fraction of sp³-hybridized carbons (Fsp3) is 0.286. The number of carboxylic acid groups (broad SMARTS) is 1. The van der Waals surface area contributed by atoms with E-state index in [1.54, 1.807) is 6.92 Å². The fourth-order valence-corrected chi connectivity index (χ4v) is 1.01. The summed E-state index contributed by atoms with van der Waals surface area (Å²) < 4.78 is 0. The van der Waals surface area contributed by atoms with Crippen LogP contribution < -0.4 is 5.32 Å². The number of anilines is 1. The van der Waals surface area contributed by atoms with Crippen LogP contribution >= 0.6 is 11.6 Å². The second kappa shape index (κ2) is 4.04. The molecule has 0 aliphatic rings. The normalized spacial score (nSPS) is 9.69. The topological polar surface area (TPSA) is 75.1 Å². The van der Waals surface area contributed by atoms with Gasteiger partial charge in [0, 0.05) is 6.07 Å². The molecular formula is C7H8ClN3O2. The van der Waals surface area contributed by atoms with Crippen LogP contribution in [0.25, 0.3) is 0 Å². The Morgan fingerprint density at radius 2 is 2.38 bits per heavy atom. The van der Waals surface area contributed by atoms with E-state index in [2.05, 4.69) is 15.3 Å². The first-order valence-corrected chi connectivity index (χ1v) is 3.92. The molecule has 0 fully saturated rings. The van der Waals surface area contributed by atoms with Crippen LogP contribution in [0.5, 0.6) is 0 Å². The number of rotatable bonds is 3. The van der Waals surface area contributed by atoms with Crippen molar-refractivity contribution < 1.29 is 9.90 Å². The van der Waals surface area contributed by atoms with Gasteiger partial charge in [-0.2, -0.15) is 0 Å². The van der Waals surface area contributed by atoms with Crippen molar-refractivity contribution in [2.45, 2.75) is 6.92 Å². The summed E-state index contributed by atoms with van der Waals surface area (Å²) in [5.74, 6) is -0.0346. The largest absolute Gasteiger partial charge is 0.480 e. The molecular weight excluding hydrogens is 194 g/mol. The molecule has 13 heavy (non-hydrogen) atoms. The number of carbonyl (C=O) groups is 1. The molecule has 2 N–H and O–H groups in total. The van der Waals surface area contributed by atoms with Crippen molar-refractivity contribution in [3.05, 3.63) is 17.0 Å². The molecule has 0 amide bonds. The van der Waals surface area contributed by atoms with Crippen LogP contribution in [0, 0.1) is 6.92 Å². The van der Waals surface area contributed by atoms with E-state index < -0.39 is 5.97 Å². The number of aryl methyl sites for hydroxylation is 1. The molecule has 0 saturated carbocycles. The SMILES string of the molecule is Cc1nc(Cl)cc(NCC(=O)O)n1. The third-order valence-electron chi connectivity index (χ3n) is 1.23. The molecule has 0 saturated heterocycles. The average Bonchev–Trinajstić information content (AvgIpc) is 1.99. The molecule has 0 radical (unpaired) electrons. The number of nitrogens with one attached hydrogen (secondary N) is 1. The van der Waals surface area contributed by atoms with Gasteiger partial charge in [-0.1, -0.05) is 11.6 Å². The van der Waals surface area contributed by atoms with Crippen molar-refractivity contribution in [2.75, 3.05) is 11.9 Å². The zero-order valence-electron chi connectivity index (χ0n) is 6.91. The Morgan fingerprint density at radius 3 is 2.92 bits per heavy atom. The van der Waals surface area contributed by atoms with E-state index >= 15 is 0 Å². The van der Waals surface area contributed by atoms with Gasteiger partial charge in [0.1, 0.15) is 23.3 Å². The quantitative estimate of drug-likeness (QED) is 0.712. The Bertz CT molecular complexity index is 309. The predicted octanol–water partition coefficient (Wildman–Crippen LogP) is 0.935. The lowest BCUT2D eigenvalue weighted by atomic mass is 10.5. The van der Waals surface area contributed by atoms with Crippen LogP contribution in [0.4, 0.5) is 5.82 Å². The lowest BCUT2D eigenvalue weighted by Gasteiger charge is -2.02. The van der Waals surface area contributed by atoms with Gasteiger partial charge in [-0.15, -0.1) is 0 Å². The van der Waals surface area contributed by atoms with E-state index in [9.17, 15) is 4.79 Å². The van der Waals surface area contributed by atoms with Gasteiger partial charge < -0.3 is 10.4 Å². The molecule has 70 valence electrons. The van der Waals surface area contributed by atoms with Crippen LogP contribution in [-0.2, 0) is 4.79 Å². The molecule has 5 nitrogen and oxygen atoms in total. The van der Waals surface area contributed by atoms with E-state index in [1.807, 2.05) is 0 Å². The number of aromatic nitrogens is 2. The van der Waals surface area contributed by atoms with Crippen LogP contribution in [0.3, 0.4) is 0 Å². The van der Waals surface area contributed by atoms with Crippen LogP contribution in [0.15, 0.2) is 6.07 Å². The summed E-state index contributed by atoms with van der Waals surface area (Å²) in [5.41, 5.74) is 0. The van der Waals surface area contributed by atoms with Crippen LogP contribution in [0.2, 0.25) is 5.15 Å². The van der Waals surface area contributed by atoms with Gasteiger partial charge in [0.25, 0.3) is 0 Å². The molecule has 0 aromatic carbocycles. The van der Waals surface area contributed by atoms with E-state index in [-0.39, 0.29) is 6.54 Å². The molecule has 1 heterocycles. The van der Waals surface area contributed by atoms with E-state index in [0.29, 0.717) is 16.8 Å². The average molecular weight is 202 g/mol. The monoisotopic (exact) mass is 201 g/mol. The molecule has 0 bridgehead atoms. The van der Waals surface area contributed by atoms with Crippen LogP contribution in [0.1, 0.15) is 5.82 Å². The third kappa shape index (κ3) is 3.25. The molecule has 0 atom stereocenters. The van der Waals surface area contributed by atoms with Gasteiger partial charge in [-0.25, -0.2) is 9.97 Å². The first kappa shape index (κ1) is 9.73. The Hall–Kier alpha value is -1.36. The van der Waals surface area contributed by atoms with Gasteiger partial charge in [0.05, 0.1) is 0 Å². The van der Waals surface area contributed by atoms with Gasteiger partial charge in [-0.05, 0) is 6.92 Å². The molecule has 0 unspecified atom stereocenters. The molecule has 1 aromatic rings. The Morgan fingerprint density at radius 1 is 1.69 bits per heavy atom. The Kier molecular flexibility index (Phi) is 3.02. The highest BCUT2D eigenvalue weighted by Gasteiger charge is 2.01. The van der Waals surface area contributed by atoms with E-state index in [0.717, 1.165) is 0 Å². The van der Waals surface area contributed by atoms with Crippen molar-refractivity contribution in [1.29, 1.82) is 0 Å². The second-order valence-electron chi connectivity index (χ2n) is 2.37. The second-order valence-corrected chi connectivity index (χ2v) is 2.76. The fourth-order valence-electron chi connectivity index (χ4n) is 0.788. The van der Waals surface area contributed by atoms with Crippen molar-refractivity contribution in [3.8, 4) is 0 Å². The predicted molar refractivity (Wildman–Crippen MR) is 47.9 cm³/mol. The minimum atomic E-state index is -0.951. The molecule has 1 aromatic heterocycles. The van der Waals surface area contributed by atoms with Crippen molar-refractivity contribution in [1.82, 2.24) is 9.97 Å². The molecule has 0 spiro atoms. The van der Waals surface area contributed by atoms with Crippen LogP contribution in [-0.4, -0.2) is 27.6 Å². The van der Waals surface area contributed by atoms with Crippen molar-refractivity contribution in [2.24, 2.45) is 0 Å². The minimum absolute atomic E-state index is 0.188. The smallest absolute Gasteiger partial charge is 0.322 e. The number of aliphatic carboxylic acids is 1. The standard InChI is InChI=1S/C7H8ClN3O2/c1-4-10-5(8)2-6(11-4)9-3-7(12)13/h2H,3H2,1H3,(H,12,13)(H,9,10,11). The lowest BCUT2D eigenvalue weighted by molar-refractivity contribution is -0.134. The summed E-state index contributed by atoms with van der Waals surface area (Å²) in [6.45, 7) is 1.49. The highest BCUT2D eigenvalue weighted by atomic mass is 35.5. The van der Waals surface area contributed by atoms with Gasteiger partial charge in [0.15, 0.2) is 0 Å². The zero-order chi connectivity index (χ0) is 9.84. The number of hydrogen-bond acceptors (Lipinski definition) is 4. The maximum absolute atomic E-state index is 10.2. The highest BCUT2D eigenvalue weighted by molar-refractivity contribution is 6.29. The minimum Gasteiger partial charge on any atom is -0.480 e. The van der Waals surface area contributed by atoms with Crippen molar-refractivity contribution in [3.63, 3.8) is 0 Å². The highest BCUT2D eigenvalue weighted by Crippen LogP contribution is 2.10. The molecule has 0 aliphatic heterocycles. The maximum Gasteiger partial charge on any atom is 0.322 e. The summed E-state index contributed by atoms with van der Waals surface area (Å²) in [6.07, 6.45) is 0. The molecule has 0 aliphatic carbocycles. The molecule has 1 rings (SSSR count). The van der Waals surface area contributed by atoms with E-state index in [1.165, 1.54) is 6.07 Å². The zero-order valence-corrected chi connectivity index (χ0v) is 7.67. The van der Waals surface area contributed by atoms with E-state index in [4.69, 9.17) is 16.7 Å². The Balaban J connectivity index is 2.71. The number of halogens is 1. The van der Waals surface area contributed by atoms with Gasteiger partial charge in [-0.3, -0.25) is 4.79 Å². The number of carboxylic acids is 1. The number of nitrogens with zero attached hydrogens (tertiary/aromatic N) is 2. The summed E-state index contributed by atoms with van der Waals surface area (Å²) in [6, 6.07) is 1.47. The van der Waals surface area contributed by atoms with Gasteiger partial charge in [0.2, 0.25) is 0 Å². The summed E-state index contributed by atoms with van der Waals surface area (Å²) in [4.78, 5) is 18.0. The first-order valence-electron chi connectivity index (χ1n) is 3.55.